The predicted octanol–water partition coefficient (Wildman–Crippen LogP) is 1.37. The van der Waals surface area contributed by atoms with Gasteiger partial charge in [0.2, 0.25) is 0 Å². The van der Waals surface area contributed by atoms with Crippen LogP contribution in [0, 0.1) is 5.92 Å². The van der Waals surface area contributed by atoms with E-state index < -0.39 is 6.10 Å². The Morgan fingerprint density at radius 1 is 1.45 bits per heavy atom. The van der Waals surface area contributed by atoms with Crippen molar-refractivity contribution in [1.82, 2.24) is 10.2 Å². The summed E-state index contributed by atoms with van der Waals surface area (Å²) in [6, 6.07) is 8.15. The predicted molar refractivity (Wildman–Crippen MR) is 77.5 cm³/mol. The van der Waals surface area contributed by atoms with Crippen molar-refractivity contribution >= 4 is 5.91 Å². The Hall–Kier alpha value is -1.39. The van der Waals surface area contributed by atoms with Crippen molar-refractivity contribution < 1.29 is 9.53 Å². The van der Waals surface area contributed by atoms with Crippen molar-refractivity contribution in [2.75, 3.05) is 33.3 Å². The minimum Gasteiger partial charge on any atom is -0.363 e. The first-order valence-corrected chi connectivity index (χ1v) is 7.42. The zero-order chi connectivity index (χ0) is 13.9. The van der Waals surface area contributed by atoms with E-state index in [1.165, 1.54) is 5.56 Å². The van der Waals surface area contributed by atoms with Gasteiger partial charge < -0.3 is 15.0 Å². The van der Waals surface area contributed by atoms with Crippen LogP contribution in [0.15, 0.2) is 24.3 Å². The fourth-order valence-electron chi connectivity index (χ4n) is 3.25. The fraction of sp³-hybridized carbons (Fsp3) is 0.562. The summed E-state index contributed by atoms with van der Waals surface area (Å²) < 4.78 is 5.77. The van der Waals surface area contributed by atoms with E-state index in [1.54, 1.807) is 0 Å². The van der Waals surface area contributed by atoms with Gasteiger partial charge in [0.15, 0.2) is 6.10 Å². The van der Waals surface area contributed by atoms with Gasteiger partial charge in [-0.1, -0.05) is 24.3 Å². The summed E-state index contributed by atoms with van der Waals surface area (Å²) in [5, 5.41) is 3.20. The minimum absolute atomic E-state index is 0.135. The number of benzene rings is 1. The molecular formula is C16H22N2O2. The highest BCUT2D eigenvalue weighted by molar-refractivity contribution is 5.83. The first-order valence-electron chi connectivity index (χ1n) is 7.42. The van der Waals surface area contributed by atoms with E-state index in [1.807, 2.05) is 30.1 Å². The quantitative estimate of drug-likeness (QED) is 0.905. The molecule has 20 heavy (non-hydrogen) atoms. The minimum atomic E-state index is -0.395. The van der Waals surface area contributed by atoms with Crippen LogP contribution in [0.25, 0.3) is 0 Å². The van der Waals surface area contributed by atoms with E-state index in [0.29, 0.717) is 12.5 Å². The summed E-state index contributed by atoms with van der Waals surface area (Å²) in [5.41, 5.74) is 2.31. The number of nitrogens with one attached hydrogen (secondary N) is 1. The van der Waals surface area contributed by atoms with Crippen LogP contribution in [0.4, 0.5) is 0 Å². The number of nitrogens with zero attached hydrogens (tertiary/aromatic N) is 1. The number of hydrogen-bond acceptors (Lipinski definition) is 3. The number of rotatable bonds is 3. The SMILES string of the molecule is CNC[C@@H]1CCN(C(=O)[C@@H]2OCCc3ccccc32)C1. The van der Waals surface area contributed by atoms with Crippen LogP contribution >= 0.6 is 0 Å². The van der Waals surface area contributed by atoms with Gasteiger partial charge in [0, 0.05) is 13.1 Å². The third-order valence-corrected chi connectivity index (χ3v) is 4.31. The molecule has 0 radical (unpaired) electrons. The Kier molecular flexibility index (Phi) is 4.03. The molecule has 2 heterocycles. The summed E-state index contributed by atoms with van der Waals surface area (Å²) in [4.78, 5) is 14.7. The van der Waals surface area contributed by atoms with Crippen LogP contribution in [0.2, 0.25) is 0 Å². The molecule has 0 aromatic heterocycles. The fourth-order valence-corrected chi connectivity index (χ4v) is 3.25. The first kappa shape index (κ1) is 13.6. The van der Waals surface area contributed by atoms with Crippen molar-refractivity contribution in [2.45, 2.75) is 18.9 Å². The molecule has 2 aliphatic rings. The lowest BCUT2D eigenvalue weighted by molar-refractivity contribution is -0.144. The number of carbonyl (C=O) groups is 1. The number of amides is 1. The van der Waals surface area contributed by atoms with Gasteiger partial charge in [-0.15, -0.1) is 0 Å². The van der Waals surface area contributed by atoms with Gasteiger partial charge in [-0.05, 0) is 43.5 Å². The van der Waals surface area contributed by atoms with Gasteiger partial charge in [0.25, 0.3) is 5.91 Å². The highest BCUT2D eigenvalue weighted by Crippen LogP contribution is 2.30. The van der Waals surface area contributed by atoms with Crippen LogP contribution in [0.5, 0.6) is 0 Å². The number of likely N-dealkylation sites (tertiary alicyclic amines) is 1. The standard InChI is InChI=1S/C16H22N2O2/c1-17-10-12-6-8-18(11-12)16(19)15-14-5-3-2-4-13(14)7-9-20-15/h2-5,12,15,17H,6-11H2,1H3/t12-,15+/m0/s1. The van der Waals surface area contributed by atoms with Crippen LogP contribution in [0.1, 0.15) is 23.7 Å². The molecule has 1 aromatic carbocycles. The summed E-state index contributed by atoms with van der Waals surface area (Å²) >= 11 is 0. The van der Waals surface area contributed by atoms with E-state index in [-0.39, 0.29) is 5.91 Å². The van der Waals surface area contributed by atoms with Crippen LogP contribution in [0.3, 0.4) is 0 Å². The molecule has 3 rings (SSSR count). The Bertz CT molecular complexity index is 489. The lowest BCUT2D eigenvalue weighted by Gasteiger charge is -2.28. The van der Waals surface area contributed by atoms with Crippen LogP contribution < -0.4 is 5.32 Å². The third kappa shape index (κ3) is 2.58. The lowest BCUT2D eigenvalue weighted by atomic mass is 9.97. The molecule has 0 saturated carbocycles. The molecule has 2 atom stereocenters. The van der Waals surface area contributed by atoms with Crippen LogP contribution in [-0.2, 0) is 16.0 Å². The maximum Gasteiger partial charge on any atom is 0.256 e. The van der Waals surface area contributed by atoms with E-state index >= 15 is 0 Å². The molecule has 1 saturated heterocycles. The normalized spacial score (nSPS) is 25.6. The van der Waals surface area contributed by atoms with Crippen molar-refractivity contribution in [1.29, 1.82) is 0 Å². The second-order valence-electron chi connectivity index (χ2n) is 5.70. The van der Waals surface area contributed by atoms with Crippen molar-refractivity contribution in [3.8, 4) is 0 Å². The molecule has 0 aliphatic carbocycles. The Labute approximate surface area is 120 Å². The van der Waals surface area contributed by atoms with Gasteiger partial charge in [-0.2, -0.15) is 0 Å². The molecule has 1 amide bonds. The molecule has 0 spiro atoms. The van der Waals surface area contributed by atoms with E-state index in [2.05, 4.69) is 11.4 Å². The monoisotopic (exact) mass is 274 g/mol. The molecular weight excluding hydrogens is 252 g/mol. The molecule has 4 nitrogen and oxygen atoms in total. The number of hydrogen-bond donors (Lipinski definition) is 1. The first-order chi connectivity index (χ1) is 9.79. The Morgan fingerprint density at radius 2 is 2.30 bits per heavy atom. The van der Waals surface area contributed by atoms with Gasteiger partial charge in [0.1, 0.15) is 0 Å². The molecule has 2 aliphatic heterocycles. The third-order valence-electron chi connectivity index (χ3n) is 4.31. The van der Waals surface area contributed by atoms with E-state index in [4.69, 9.17) is 4.74 Å². The van der Waals surface area contributed by atoms with Gasteiger partial charge in [0.05, 0.1) is 6.61 Å². The highest BCUT2D eigenvalue weighted by Gasteiger charge is 2.34. The average molecular weight is 274 g/mol. The average Bonchev–Trinajstić information content (AvgIpc) is 2.95. The number of ether oxygens (including phenoxy) is 1. The molecule has 1 N–H and O–H groups in total. The maximum absolute atomic E-state index is 12.7. The van der Waals surface area contributed by atoms with E-state index in [0.717, 1.165) is 38.0 Å². The van der Waals surface area contributed by atoms with Gasteiger partial charge in [-0.25, -0.2) is 0 Å². The molecule has 4 heteroatoms. The summed E-state index contributed by atoms with van der Waals surface area (Å²) in [6.07, 6.45) is 1.59. The zero-order valence-electron chi connectivity index (χ0n) is 12.0. The van der Waals surface area contributed by atoms with Crippen molar-refractivity contribution in [2.24, 2.45) is 5.92 Å². The van der Waals surface area contributed by atoms with Gasteiger partial charge >= 0.3 is 0 Å². The molecule has 0 bridgehead atoms. The highest BCUT2D eigenvalue weighted by atomic mass is 16.5. The second kappa shape index (κ2) is 5.94. The number of fused-ring (bicyclic) bond motifs is 1. The van der Waals surface area contributed by atoms with Crippen molar-refractivity contribution in [3.05, 3.63) is 35.4 Å². The van der Waals surface area contributed by atoms with Crippen LogP contribution in [-0.4, -0.2) is 44.1 Å². The second-order valence-corrected chi connectivity index (χ2v) is 5.70. The molecule has 1 fully saturated rings. The van der Waals surface area contributed by atoms with E-state index in [9.17, 15) is 4.79 Å². The zero-order valence-corrected chi connectivity index (χ0v) is 12.0. The topological polar surface area (TPSA) is 41.6 Å². The maximum atomic E-state index is 12.7. The molecule has 0 unspecified atom stereocenters. The molecule has 108 valence electrons. The Balaban J connectivity index is 1.73. The summed E-state index contributed by atoms with van der Waals surface area (Å²) in [6.45, 7) is 3.32. The summed E-state index contributed by atoms with van der Waals surface area (Å²) in [7, 11) is 1.96. The largest absolute Gasteiger partial charge is 0.363 e. The van der Waals surface area contributed by atoms with Gasteiger partial charge in [-0.3, -0.25) is 4.79 Å². The van der Waals surface area contributed by atoms with Crippen molar-refractivity contribution in [3.63, 3.8) is 0 Å². The number of carbonyl (C=O) groups excluding carboxylic acids is 1. The Morgan fingerprint density at radius 3 is 3.15 bits per heavy atom. The smallest absolute Gasteiger partial charge is 0.256 e. The lowest BCUT2D eigenvalue weighted by Crippen LogP contribution is -2.37. The molecule has 1 aromatic rings. The summed E-state index contributed by atoms with van der Waals surface area (Å²) in [5.74, 6) is 0.707.